The van der Waals surface area contributed by atoms with Crippen molar-refractivity contribution in [3.63, 3.8) is 0 Å². The standard InChI is InChI=1S/C26H35N3O5S2/c1-6-36(32)20-8-7-19(27-16-20)15-28-23(30)21-14-18-13-17(2)33-26(22(18)35-21)9-11-29(12-10-26)24(31)34-25(3,4)5/h7-8,14,16-17H,6,9-13,15H2,1-5H3,(H,28,30)/t17-,36?/m0/s1. The second-order valence-electron chi connectivity index (χ2n) is 10.4. The normalized spacial score (nSPS) is 20.0. The predicted molar refractivity (Wildman–Crippen MR) is 140 cm³/mol. The molecule has 0 saturated carbocycles. The van der Waals surface area contributed by atoms with Crippen LogP contribution in [0.5, 0.6) is 0 Å². The molecule has 0 aromatic carbocycles. The van der Waals surface area contributed by atoms with Gasteiger partial charge in [0.1, 0.15) is 11.2 Å². The molecule has 36 heavy (non-hydrogen) atoms. The quantitative estimate of drug-likeness (QED) is 0.612. The number of thiophene rings is 1. The van der Waals surface area contributed by atoms with Gasteiger partial charge in [0.2, 0.25) is 0 Å². The monoisotopic (exact) mass is 533 g/mol. The van der Waals surface area contributed by atoms with Gasteiger partial charge in [-0.25, -0.2) is 4.79 Å². The Balaban J connectivity index is 1.43. The lowest BCUT2D eigenvalue weighted by Gasteiger charge is -2.45. The lowest BCUT2D eigenvalue weighted by atomic mass is 9.84. The summed E-state index contributed by atoms with van der Waals surface area (Å²) in [5.74, 6) is 0.398. The van der Waals surface area contributed by atoms with E-state index in [2.05, 4.69) is 17.2 Å². The Kier molecular flexibility index (Phi) is 7.87. The molecular weight excluding hydrogens is 498 g/mol. The molecule has 2 aliphatic heterocycles. The van der Waals surface area contributed by atoms with Crippen molar-refractivity contribution in [3.05, 3.63) is 45.4 Å². The van der Waals surface area contributed by atoms with Gasteiger partial charge in [-0.1, -0.05) is 6.92 Å². The minimum atomic E-state index is -1.04. The molecule has 4 rings (SSSR count). The number of piperidine rings is 1. The Bertz CT molecular complexity index is 1130. The van der Waals surface area contributed by atoms with Gasteiger partial charge < -0.3 is 19.7 Å². The fourth-order valence-electron chi connectivity index (χ4n) is 4.66. The first-order chi connectivity index (χ1) is 17.0. The van der Waals surface area contributed by atoms with E-state index < -0.39 is 22.0 Å². The summed E-state index contributed by atoms with van der Waals surface area (Å²) in [5.41, 5.74) is 0.849. The molecule has 2 atom stereocenters. The summed E-state index contributed by atoms with van der Waals surface area (Å²) in [6.07, 6.45) is 3.44. The van der Waals surface area contributed by atoms with Crippen LogP contribution in [-0.2, 0) is 38.8 Å². The third-order valence-electron chi connectivity index (χ3n) is 6.36. The molecule has 4 heterocycles. The van der Waals surface area contributed by atoms with Gasteiger partial charge in [0.05, 0.1) is 38.9 Å². The molecule has 10 heteroatoms. The summed E-state index contributed by atoms with van der Waals surface area (Å²) < 4.78 is 23.9. The Labute approximate surface area is 219 Å². The van der Waals surface area contributed by atoms with Crippen LogP contribution in [0.4, 0.5) is 4.79 Å². The number of carbonyl (C=O) groups excluding carboxylic acids is 2. The number of fused-ring (bicyclic) bond motifs is 2. The number of amides is 2. The second kappa shape index (κ2) is 10.6. The summed E-state index contributed by atoms with van der Waals surface area (Å²) in [6, 6.07) is 5.58. The van der Waals surface area contributed by atoms with Crippen LogP contribution in [0, 0.1) is 0 Å². The van der Waals surface area contributed by atoms with E-state index in [-0.39, 0.29) is 18.1 Å². The lowest BCUT2D eigenvalue weighted by Crippen LogP contribution is -2.50. The van der Waals surface area contributed by atoms with Gasteiger partial charge in [-0.05, 0) is 70.7 Å². The minimum absolute atomic E-state index is 0.0347. The van der Waals surface area contributed by atoms with Crippen LogP contribution in [0.2, 0.25) is 0 Å². The number of rotatable bonds is 5. The first kappa shape index (κ1) is 26.8. The molecule has 2 amide bonds. The number of aromatic nitrogens is 1. The van der Waals surface area contributed by atoms with E-state index in [1.165, 1.54) is 11.3 Å². The number of carbonyl (C=O) groups is 2. The maximum atomic E-state index is 13.0. The van der Waals surface area contributed by atoms with E-state index in [1.54, 1.807) is 23.2 Å². The number of likely N-dealkylation sites (tertiary alicyclic amines) is 1. The van der Waals surface area contributed by atoms with Gasteiger partial charge in [-0.2, -0.15) is 0 Å². The highest BCUT2D eigenvalue weighted by molar-refractivity contribution is 7.85. The van der Waals surface area contributed by atoms with Crippen LogP contribution in [0.1, 0.15) is 73.3 Å². The maximum absolute atomic E-state index is 13.0. The molecule has 1 saturated heterocycles. The van der Waals surface area contributed by atoms with E-state index in [0.29, 0.717) is 53.7 Å². The fraction of sp³-hybridized carbons (Fsp3) is 0.577. The molecule has 8 nitrogen and oxygen atoms in total. The Morgan fingerprint density at radius 3 is 2.64 bits per heavy atom. The van der Waals surface area contributed by atoms with Crippen LogP contribution in [-0.4, -0.2) is 56.6 Å². The third kappa shape index (κ3) is 5.98. The van der Waals surface area contributed by atoms with Crippen molar-refractivity contribution in [2.75, 3.05) is 18.8 Å². The maximum Gasteiger partial charge on any atom is 0.410 e. The fourth-order valence-corrected chi connectivity index (χ4v) is 6.69. The van der Waals surface area contributed by atoms with Gasteiger partial charge in [0.25, 0.3) is 5.91 Å². The summed E-state index contributed by atoms with van der Waals surface area (Å²) >= 11 is 1.48. The number of ether oxygens (including phenoxy) is 2. The highest BCUT2D eigenvalue weighted by Crippen LogP contribution is 2.47. The van der Waals surface area contributed by atoms with Crippen LogP contribution in [0.25, 0.3) is 0 Å². The summed E-state index contributed by atoms with van der Waals surface area (Å²) in [7, 11) is -1.04. The molecule has 0 aliphatic carbocycles. The molecule has 1 spiro atoms. The van der Waals surface area contributed by atoms with Crippen molar-refractivity contribution < 1.29 is 23.3 Å². The third-order valence-corrected chi connectivity index (χ3v) is 9.01. The van der Waals surface area contributed by atoms with Crippen LogP contribution in [0.15, 0.2) is 29.3 Å². The highest BCUT2D eigenvalue weighted by Gasteiger charge is 2.45. The number of hydrogen-bond acceptors (Lipinski definition) is 7. The molecule has 0 bridgehead atoms. The molecular formula is C26H35N3O5S2. The molecule has 2 aromatic heterocycles. The van der Waals surface area contributed by atoms with Gasteiger partial charge in [0, 0.05) is 29.9 Å². The Hall–Kier alpha value is -2.30. The van der Waals surface area contributed by atoms with Gasteiger partial charge in [-0.15, -0.1) is 11.3 Å². The Morgan fingerprint density at radius 1 is 1.31 bits per heavy atom. The van der Waals surface area contributed by atoms with E-state index in [9.17, 15) is 13.8 Å². The molecule has 1 N–H and O–H groups in total. The second-order valence-corrected chi connectivity index (χ2v) is 13.2. The molecule has 2 aliphatic rings. The molecule has 1 fully saturated rings. The van der Waals surface area contributed by atoms with Crippen molar-refractivity contribution in [1.82, 2.24) is 15.2 Å². The average molecular weight is 534 g/mol. The molecule has 196 valence electrons. The largest absolute Gasteiger partial charge is 0.444 e. The van der Waals surface area contributed by atoms with Crippen LogP contribution in [0.3, 0.4) is 0 Å². The van der Waals surface area contributed by atoms with E-state index >= 15 is 0 Å². The molecule has 1 unspecified atom stereocenters. The van der Waals surface area contributed by atoms with Crippen molar-refractivity contribution in [2.45, 2.75) is 82.6 Å². The summed E-state index contributed by atoms with van der Waals surface area (Å²) in [4.78, 5) is 34.0. The smallest absolute Gasteiger partial charge is 0.410 e. The van der Waals surface area contributed by atoms with Gasteiger partial charge >= 0.3 is 6.09 Å². The van der Waals surface area contributed by atoms with E-state index in [4.69, 9.17) is 9.47 Å². The van der Waals surface area contributed by atoms with Crippen molar-refractivity contribution in [1.29, 1.82) is 0 Å². The first-order valence-electron chi connectivity index (χ1n) is 12.4. The van der Waals surface area contributed by atoms with E-state index in [0.717, 1.165) is 16.9 Å². The zero-order chi connectivity index (χ0) is 26.1. The number of nitrogens with one attached hydrogen (secondary N) is 1. The molecule has 0 radical (unpaired) electrons. The predicted octanol–water partition coefficient (Wildman–Crippen LogP) is 4.39. The van der Waals surface area contributed by atoms with Crippen molar-refractivity contribution >= 4 is 34.1 Å². The first-order valence-corrected chi connectivity index (χ1v) is 14.5. The zero-order valence-electron chi connectivity index (χ0n) is 21.6. The van der Waals surface area contributed by atoms with Crippen molar-refractivity contribution in [3.8, 4) is 0 Å². The Morgan fingerprint density at radius 2 is 2.03 bits per heavy atom. The SMILES string of the molecule is CCS(=O)c1ccc(CNC(=O)c2cc3c(s2)C2(CCN(C(=O)OC(C)(C)C)CC2)O[C@@H](C)C3)nc1. The zero-order valence-corrected chi connectivity index (χ0v) is 23.2. The summed E-state index contributed by atoms with van der Waals surface area (Å²) in [5, 5.41) is 2.96. The molecule has 2 aromatic rings. The van der Waals surface area contributed by atoms with Gasteiger partial charge in [-0.3, -0.25) is 14.0 Å². The van der Waals surface area contributed by atoms with Crippen molar-refractivity contribution in [2.24, 2.45) is 0 Å². The number of hydrogen-bond donors (Lipinski definition) is 1. The average Bonchev–Trinajstić information content (AvgIpc) is 3.26. The topological polar surface area (TPSA) is 97.8 Å². The minimum Gasteiger partial charge on any atom is -0.444 e. The van der Waals surface area contributed by atoms with E-state index in [1.807, 2.05) is 33.8 Å². The van der Waals surface area contributed by atoms with Crippen LogP contribution < -0.4 is 5.32 Å². The highest BCUT2D eigenvalue weighted by atomic mass is 32.2. The van der Waals surface area contributed by atoms with Crippen LogP contribution >= 0.6 is 11.3 Å². The van der Waals surface area contributed by atoms with Gasteiger partial charge in [0.15, 0.2) is 0 Å². The summed E-state index contributed by atoms with van der Waals surface area (Å²) in [6.45, 7) is 10.9. The number of pyridine rings is 1. The number of nitrogens with zero attached hydrogens (tertiary/aromatic N) is 2. The lowest BCUT2D eigenvalue weighted by molar-refractivity contribution is -0.129.